The summed E-state index contributed by atoms with van der Waals surface area (Å²) in [5, 5.41) is 3.66. The van der Waals surface area contributed by atoms with Crippen molar-refractivity contribution >= 4 is 11.8 Å². The number of likely N-dealkylation sites (tertiary alicyclic amines) is 1. The molecule has 0 aromatic carbocycles. The van der Waals surface area contributed by atoms with Crippen LogP contribution in [-0.2, 0) is 9.59 Å². The number of hydrogen-bond donors (Lipinski definition) is 1. The summed E-state index contributed by atoms with van der Waals surface area (Å²) in [5.74, 6) is 1.17. The first kappa shape index (κ1) is 19.2. The molecule has 3 unspecified atom stereocenters. The molecule has 2 bridgehead atoms. The van der Waals surface area contributed by atoms with Crippen molar-refractivity contribution in [1.82, 2.24) is 20.0 Å². The van der Waals surface area contributed by atoms with Crippen molar-refractivity contribution in [2.24, 2.45) is 5.92 Å². The molecule has 0 aromatic heterocycles. The molecule has 4 saturated heterocycles. The van der Waals surface area contributed by atoms with E-state index in [0.717, 1.165) is 52.0 Å². The zero-order chi connectivity index (χ0) is 18.8. The van der Waals surface area contributed by atoms with Gasteiger partial charge in [-0.2, -0.15) is 0 Å². The van der Waals surface area contributed by atoms with Crippen LogP contribution in [0.2, 0.25) is 0 Å². The minimum Gasteiger partial charge on any atom is -0.340 e. The van der Waals surface area contributed by atoms with Crippen LogP contribution in [0.4, 0.5) is 0 Å². The highest BCUT2D eigenvalue weighted by molar-refractivity contribution is 5.79. The summed E-state index contributed by atoms with van der Waals surface area (Å²) in [6.45, 7) is 6.81. The number of amides is 2. The quantitative estimate of drug-likeness (QED) is 0.807. The molecule has 4 heterocycles. The van der Waals surface area contributed by atoms with Gasteiger partial charge < -0.3 is 15.1 Å². The standard InChI is InChI=1S/C21H36N4O2/c1-16-4-2-3-7-25(16)21(27)15-23-8-10-24(11-9-23)20(26)14-17-12-18-5-6-19(13-17)22-18/h16-19,22H,2-15H2,1H3. The lowest BCUT2D eigenvalue weighted by Gasteiger charge is -2.38. The third-order valence-electron chi connectivity index (χ3n) is 7.24. The molecule has 4 aliphatic rings. The van der Waals surface area contributed by atoms with Crippen LogP contribution in [0.3, 0.4) is 0 Å². The lowest BCUT2D eigenvalue weighted by molar-refractivity contribution is -0.137. The van der Waals surface area contributed by atoms with Crippen LogP contribution in [0.5, 0.6) is 0 Å². The molecule has 6 heteroatoms. The minimum atomic E-state index is 0.271. The topological polar surface area (TPSA) is 55.9 Å². The molecule has 0 saturated carbocycles. The zero-order valence-corrected chi connectivity index (χ0v) is 16.9. The lowest BCUT2D eigenvalue weighted by Crippen LogP contribution is -2.53. The summed E-state index contributed by atoms with van der Waals surface area (Å²) < 4.78 is 0. The molecule has 0 radical (unpaired) electrons. The fourth-order valence-electron chi connectivity index (χ4n) is 5.62. The average Bonchev–Trinajstić information content (AvgIpc) is 3.01. The Hall–Kier alpha value is -1.14. The van der Waals surface area contributed by atoms with Crippen molar-refractivity contribution in [3.05, 3.63) is 0 Å². The highest BCUT2D eigenvalue weighted by Gasteiger charge is 2.35. The van der Waals surface area contributed by atoms with Gasteiger partial charge >= 0.3 is 0 Å². The summed E-state index contributed by atoms with van der Waals surface area (Å²) in [4.78, 5) is 31.7. The number of carbonyl (C=O) groups excluding carboxylic acids is 2. The van der Waals surface area contributed by atoms with Gasteiger partial charge in [-0.1, -0.05) is 0 Å². The number of piperazine rings is 1. The number of nitrogens with one attached hydrogen (secondary N) is 1. The Kier molecular flexibility index (Phi) is 6.02. The second kappa shape index (κ2) is 8.48. The van der Waals surface area contributed by atoms with Crippen LogP contribution in [0.25, 0.3) is 0 Å². The molecule has 4 rings (SSSR count). The molecular weight excluding hydrogens is 340 g/mol. The minimum absolute atomic E-state index is 0.271. The molecule has 4 fully saturated rings. The Bertz CT molecular complexity index is 534. The fourth-order valence-corrected chi connectivity index (χ4v) is 5.62. The van der Waals surface area contributed by atoms with Crippen LogP contribution in [0, 0.1) is 5.92 Å². The second-order valence-corrected chi connectivity index (χ2v) is 9.27. The van der Waals surface area contributed by atoms with Crippen LogP contribution in [0.1, 0.15) is 58.3 Å². The summed E-state index contributed by atoms with van der Waals surface area (Å²) in [6.07, 6.45) is 9.15. The van der Waals surface area contributed by atoms with E-state index in [-0.39, 0.29) is 5.91 Å². The number of nitrogens with zero attached hydrogens (tertiary/aromatic N) is 3. The molecule has 3 atom stereocenters. The van der Waals surface area contributed by atoms with E-state index in [1.165, 1.54) is 32.1 Å². The number of fused-ring (bicyclic) bond motifs is 2. The van der Waals surface area contributed by atoms with Gasteiger partial charge in [0.2, 0.25) is 11.8 Å². The molecule has 4 aliphatic heterocycles. The van der Waals surface area contributed by atoms with Crippen molar-refractivity contribution in [3.8, 4) is 0 Å². The first-order valence-electron chi connectivity index (χ1n) is 11.1. The maximum atomic E-state index is 12.7. The summed E-state index contributed by atoms with van der Waals surface area (Å²) in [5.41, 5.74) is 0. The molecule has 6 nitrogen and oxygen atoms in total. The predicted molar refractivity (Wildman–Crippen MR) is 105 cm³/mol. The second-order valence-electron chi connectivity index (χ2n) is 9.27. The van der Waals surface area contributed by atoms with E-state index < -0.39 is 0 Å². The highest BCUT2D eigenvalue weighted by Crippen LogP contribution is 2.33. The van der Waals surface area contributed by atoms with Gasteiger partial charge in [0.25, 0.3) is 0 Å². The van der Waals surface area contributed by atoms with Gasteiger partial charge in [-0.25, -0.2) is 0 Å². The Balaban J connectivity index is 1.19. The average molecular weight is 377 g/mol. The van der Waals surface area contributed by atoms with Gasteiger partial charge in [0, 0.05) is 57.3 Å². The Morgan fingerprint density at radius 1 is 0.889 bits per heavy atom. The largest absolute Gasteiger partial charge is 0.340 e. The van der Waals surface area contributed by atoms with Gasteiger partial charge in [-0.15, -0.1) is 0 Å². The van der Waals surface area contributed by atoms with E-state index in [1.54, 1.807) is 0 Å². The first-order chi connectivity index (χ1) is 13.1. The predicted octanol–water partition coefficient (Wildman–Crippen LogP) is 1.45. The molecular formula is C21H36N4O2. The van der Waals surface area contributed by atoms with E-state index in [2.05, 4.69) is 22.0 Å². The molecule has 1 N–H and O–H groups in total. The van der Waals surface area contributed by atoms with Gasteiger partial charge in [0.15, 0.2) is 0 Å². The Morgan fingerprint density at radius 2 is 1.59 bits per heavy atom. The van der Waals surface area contributed by atoms with E-state index in [4.69, 9.17) is 0 Å². The van der Waals surface area contributed by atoms with Gasteiger partial charge in [0.05, 0.1) is 6.54 Å². The van der Waals surface area contributed by atoms with Crippen LogP contribution < -0.4 is 5.32 Å². The normalized spacial score (nSPS) is 34.7. The Labute approximate surface area is 163 Å². The first-order valence-corrected chi connectivity index (χ1v) is 11.1. The van der Waals surface area contributed by atoms with E-state index in [9.17, 15) is 9.59 Å². The van der Waals surface area contributed by atoms with E-state index >= 15 is 0 Å². The van der Waals surface area contributed by atoms with Crippen molar-refractivity contribution < 1.29 is 9.59 Å². The molecule has 0 aliphatic carbocycles. The Morgan fingerprint density at radius 3 is 2.26 bits per heavy atom. The summed E-state index contributed by atoms with van der Waals surface area (Å²) in [7, 11) is 0. The molecule has 0 spiro atoms. The maximum absolute atomic E-state index is 12.7. The van der Waals surface area contributed by atoms with Crippen molar-refractivity contribution in [3.63, 3.8) is 0 Å². The third-order valence-corrected chi connectivity index (χ3v) is 7.24. The zero-order valence-electron chi connectivity index (χ0n) is 16.9. The van der Waals surface area contributed by atoms with Gasteiger partial charge in [-0.05, 0) is 57.8 Å². The number of rotatable bonds is 4. The van der Waals surface area contributed by atoms with Crippen LogP contribution in [-0.4, -0.2) is 83.9 Å². The molecule has 2 amide bonds. The third kappa shape index (κ3) is 4.65. The van der Waals surface area contributed by atoms with Gasteiger partial charge in [0.1, 0.15) is 0 Å². The summed E-state index contributed by atoms with van der Waals surface area (Å²) >= 11 is 0. The van der Waals surface area contributed by atoms with Gasteiger partial charge in [-0.3, -0.25) is 14.5 Å². The lowest BCUT2D eigenvalue weighted by atomic mass is 9.89. The number of piperidine rings is 2. The molecule has 27 heavy (non-hydrogen) atoms. The smallest absolute Gasteiger partial charge is 0.236 e. The number of hydrogen-bond acceptors (Lipinski definition) is 4. The van der Waals surface area contributed by atoms with Crippen LogP contribution >= 0.6 is 0 Å². The summed E-state index contributed by atoms with van der Waals surface area (Å²) in [6, 6.07) is 1.69. The van der Waals surface area contributed by atoms with E-state index in [1.807, 2.05) is 4.90 Å². The van der Waals surface area contributed by atoms with Crippen LogP contribution in [0.15, 0.2) is 0 Å². The highest BCUT2D eigenvalue weighted by atomic mass is 16.2. The number of carbonyl (C=O) groups is 2. The van der Waals surface area contributed by atoms with E-state index in [0.29, 0.717) is 36.5 Å². The van der Waals surface area contributed by atoms with Crippen molar-refractivity contribution in [2.45, 2.75) is 76.4 Å². The van der Waals surface area contributed by atoms with Crippen molar-refractivity contribution in [1.29, 1.82) is 0 Å². The van der Waals surface area contributed by atoms with Crippen molar-refractivity contribution in [2.75, 3.05) is 39.3 Å². The monoisotopic (exact) mass is 376 g/mol. The molecule has 152 valence electrons. The molecule has 0 aromatic rings. The maximum Gasteiger partial charge on any atom is 0.236 e. The SMILES string of the molecule is CC1CCCCN1C(=O)CN1CCN(C(=O)CC2CC3CCC(C2)N3)CC1. The fraction of sp³-hybridized carbons (Fsp3) is 0.905.